The summed E-state index contributed by atoms with van der Waals surface area (Å²) >= 11 is 0. The molecule has 10 aliphatic heterocycles. The molecule has 0 amide bonds. The molecule has 0 aliphatic carbocycles. The van der Waals surface area contributed by atoms with Gasteiger partial charge in [0.25, 0.3) is 0 Å². The highest BCUT2D eigenvalue weighted by Crippen LogP contribution is 2.80. The maximum Gasteiger partial charge on any atom is 0.168 e. The van der Waals surface area contributed by atoms with E-state index in [4.69, 9.17) is 86.7 Å². The number of hydrogen-bond donors (Lipinski definition) is 2. The lowest BCUT2D eigenvalue weighted by Crippen LogP contribution is -2.29. The Morgan fingerprint density at radius 3 is 0.694 bits per heavy atom. The largest absolute Gasteiger partial charge is 0.492 e. The molecule has 24 heteroatoms. The monoisotopic (exact) mass is 1670 g/mol. The molecule has 124 heavy (non-hydrogen) atoms. The third-order valence-electron chi connectivity index (χ3n) is 26.9. The van der Waals surface area contributed by atoms with Gasteiger partial charge in [0, 0.05) is 89.7 Å². The van der Waals surface area contributed by atoms with Gasteiger partial charge in [0.05, 0.1) is 124 Å². The molecule has 0 radical (unpaired) electrons. The fraction of sp³-hybridized carbons (Fsp3) is 0.520. The Bertz CT molecular complexity index is 5830. The molecular formula is C100H110N12O12. The minimum absolute atomic E-state index is 0.146. The van der Waals surface area contributed by atoms with E-state index in [1.165, 1.54) is 0 Å². The summed E-state index contributed by atoms with van der Waals surface area (Å²) < 4.78 is 86.9. The van der Waals surface area contributed by atoms with Crippen molar-refractivity contribution < 1.29 is 56.8 Å². The van der Waals surface area contributed by atoms with Gasteiger partial charge in [-0.25, -0.2) is 29.9 Å². The van der Waals surface area contributed by atoms with Gasteiger partial charge in [-0.1, -0.05) is 173 Å². The third kappa shape index (κ3) is 12.8. The Hall–Kier alpha value is -11.1. The van der Waals surface area contributed by atoms with Gasteiger partial charge in [0.2, 0.25) is 0 Å². The first-order chi connectivity index (χ1) is 60.4. The van der Waals surface area contributed by atoms with Gasteiger partial charge >= 0.3 is 0 Å². The van der Waals surface area contributed by atoms with Crippen molar-refractivity contribution >= 4 is 44.1 Å². The number of H-pyrrole nitrogens is 2. The molecule has 0 saturated carbocycles. The number of ether oxygens (including phenoxy) is 12. The zero-order chi connectivity index (χ0) is 86.1. The van der Waals surface area contributed by atoms with Crippen LogP contribution < -0.4 is 37.9 Å². The van der Waals surface area contributed by atoms with Crippen LogP contribution in [-0.4, -0.2) is 92.7 Å². The molecule has 13 heterocycles. The normalized spacial score (nSPS) is 21.8. The van der Waals surface area contributed by atoms with E-state index >= 15 is 0 Å². The summed E-state index contributed by atoms with van der Waals surface area (Å²) in [6, 6.07) is 22.5. The topological polar surface area (TPSA) is 315 Å². The number of fused-ring (bicyclic) bond motifs is 50. The van der Waals surface area contributed by atoms with Crippen LogP contribution in [0.5, 0.6) is 46.0 Å². The molecular weight excluding hydrogens is 1560 g/mol. The van der Waals surface area contributed by atoms with Crippen LogP contribution in [0.3, 0.4) is 0 Å². The summed E-state index contributed by atoms with van der Waals surface area (Å²) in [7, 11) is 0. The lowest BCUT2D eigenvalue weighted by Gasteiger charge is -2.35. The molecule has 12 atom stereocenters. The SMILES string of the molecule is CCCCOc1c(C#N)c(C#N)c(OCCCC)c2c1[C@H]1O[C@@H]2C2C1[C@H]1O[C@@H]2c2c(OCCCC)c3c(c(OCCCC)c21)-c1nc-3nc2[nH]c(nc3nc(nc4[nH]c(n1)c1cc(C(C)(C)C)ccc41)-c1c(OCCCC)c4c(c(OCCCC)c1-3)[C@@H]1O[C@H]4C3C1[C@@H]1O[C@H]3c3c(OCCCC)c(C#N)c(C#N)c(OCCCC)c31)c1cc(C(C)(C)C)ccc21. The number of unbranched alkanes of at least 4 members (excludes halogenated alkanes) is 8. The number of aromatic nitrogens is 8. The summed E-state index contributed by atoms with van der Waals surface area (Å²) in [5.41, 5.74) is 12.6. The van der Waals surface area contributed by atoms with Crippen molar-refractivity contribution in [2.45, 2.75) is 259 Å². The minimum Gasteiger partial charge on any atom is -0.492 e. The number of aromatic amines is 2. The molecule has 3 aromatic heterocycles. The van der Waals surface area contributed by atoms with E-state index in [2.05, 4.69) is 168 Å². The zero-order valence-electron chi connectivity index (χ0n) is 73.7. The fourth-order valence-corrected chi connectivity index (χ4v) is 20.8. The summed E-state index contributed by atoms with van der Waals surface area (Å²) in [5.74, 6) is 3.77. The van der Waals surface area contributed by atoms with Gasteiger partial charge in [-0.3, -0.25) is 0 Å². The highest BCUT2D eigenvalue weighted by Gasteiger charge is 2.72. The molecule has 0 spiro atoms. The molecule has 2 N–H and O–H groups in total. The van der Waals surface area contributed by atoms with E-state index in [9.17, 15) is 21.0 Å². The maximum atomic E-state index is 11.1. The molecule has 4 fully saturated rings. The fourth-order valence-electron chi connectivity index (χ4n) is 20.8. The Labute approximate surface area is 724 Å². The number of nitriles is 4. The van der Waals surface area contributed by atoms with Crippen molar-refractivity contribution in [2.24, 2.45) is 23.7 Å². The Morgan fingerprint density at radius 1 is 0.290 bits per heavy atom. The van der Waals surface area contributed by atoms with E-state index in [-0.39, 0.29) is 56.8 Å². The van der Waals surface area contributed by atoms with Crippen LogP contribution in [0.4, 0.5) is 0 Å². The van der Waals surface area contributed by atoms with Crippen LogP contribution in [-0.2, 0) is 29.8 Å². The van der Waals surface area contributed by atoms with Crippen molar-refractivity contribution in [3.8, 4) is 116 Å². The van der Waals surface area contributed by atoms with Gasteiger partial charge in [-0.2, -0.15) is 21.0 Å². The second-order valence-corrected chi connectivity index (χ2v) is 36.9. The number of nitrogens with zero attached hydrogens (tertiary/aromatic N) is 10. The highest BCUT2D eigenvalue weighted by molar-refractivity contribution is 6.08. The van der Waals surface area contributed by atoms with Gasteiger partial charge in [-0.05, 0) is 85.5 Å². The van der Waals surface area contributed by atoms with Crippen molar-refractivity contribution in [2.75, 3.05) is 52.9 Å². The average molecular weight is 1670 g/mol. The first-order valence-electron chi connectivity index (χ1n) is 45.7. The van der Waals surface area contributed by atoms with E-state index in [1.54, 1.807) is 0 Å². The third-order valence-corrected chi connectivity index (χ3v) is 26.9. The molecule has 4 unspecified atom stereocenters. The van der Waals surface area contributed by atoms with E-state index in [0.717, 1.165) is 180 Å². The number of hydrogen-bond acceptors (Lipinski definition) is 22. The predicted octanol–water partition coefficient (Wildman–Crippen LogP) is 22.8. The lowest BCUT2D eigenvalue weighted by molar-refractivity contribution is -0.0307. The summed E-state index contributed by atoms with van der Waals surface area (Å²) in [6.45, 7) is 33.0. The quantitative estimate of drug-likeness (QED) is 0.0370. The first kappa shape index (κ1) is 82.5. The summed E-state index contributed by atoms with van der Waals surface area (Å²) in [6.07, 6.45) is 7.71. The van der Waals surface area contributed by atoms with E-state index in [0.29, 0.717) is 167 Å². The number of rotatable bonds is 32. The number of nitrogens with one attached hydrogen (secondary N) is 2. The molecule has 24 nitrogen and oxygen atoms in total. The molecule has 6 aromatic carbocycles. The standard InChI is InChI=1S/C100H110N12O12/c1-15-23-35-113-75-55(45-101)57(47-103)77(115-37-25-17-3)61-59(75)83-67-69(85(61)121-83)89-65-63(87(67)123-89)79(117-39-27-19-5)71-73(81(65)119-41-29-21-7)97-109-93-54-44-50(100(12,13)14)32-34-52(54)92(106-93)108-96-72-74(98(112-96)110-94-53-43-49(99(9,10)11)31-33-51(53)91(105-94)107-95(71)111-97)82(120-42-30-22-8)66-64(80(72)118-40-28-20-6)88-68-70(90(66)124-88)86-62-60(84(68)122-86)76(114-36-24-16-2)56(46-102)58(48-104)78(62)116-38-26-18-4/h31-34,43-44,67-70,83-90H,15-30,35-42H2,1-14H3,(H2,105,106,107,108,109,110,111,112)/t67?,68?,69?,70?,83-,84-,85+,86+,87+,88+,89-,90-/m0/s1. The van der Waals surface area contributed by atoms with Crippen molar-refractivity contribution in [1.82, 2.24) is 39.9 Å². The molecule has 19 rings (SSSR count). The van der Waals surface area contributed by atoms with Crippen LogP contribution >= 0.6 is 0 Å². The van der Waals surface area contributed by atoms with Gasteiger partial charge < -0.3 is 66.8 Å². The van der Waals surface area contributed by atoms with Crippen molar-refractivity contribution in [3.05, 3.63) is 114 Å². The van der Waals surface area contributed by atoms with Crippen LogP contribution in [0.1, 0.15) is 326 Å². The summed E-state index contributed by atoms with van der Waals surface area (Å²) in [4.78, 5) is 42.6. The Balaban J connectivity index is 0.886. The van der Waals surface area contributed by atoms with Crippen LogP contribution in [0.25, 0.3) is 89.7 Å². The van der Waals surface area contributed by atoms with Gasteiger partial charge in [0.15, 0.2) is 23.3 Å². The molecule has 10 aliphatic rings. The van der Waals surface area contributed by atoms with Gasteiger partial charge in [0.1, 0.15) is 115 Å². The lowest BCUT2D eigenvalue weighted by atomic mass is 9.65. The van der Waals surface area contributed by atoms with Crippen molar-refractivity contribution in [3.63, 3.8) is 0 Å². The Kier molecular flexibility index (Phi) is 21.8. The molecule has 16 bridgehead atoms. The maximum absolute atomic E-state index is 11.1. The van der Waals surface area contributed by atoms with Crippen LogP contribution in [0.15, 0.2) is 36.4 Å². The van der Waals surface area contributed by atoms with Crippen LogP contribution in [0.2, 0.25) is 0 Å². The smallest absolute Gasteiger partial charge is 0.168 e. The highest BCUT2D eigenvalue weighted by atomic mass is 16.6. The average Bonchev–Trinajstić information content (AvgIpc) is 1.50. The second-order valence-electron chi connectivity index (χ2n) is 36.9. The zero-order valence-corrected chi connectivity index (χ0v) is 73.7. The second kappa shape index (κ2) is 32.8. The minimum atomic E-state index is -0.628. The first-order valence-corrected chi connectivity index (χ1v) is 45.7. The van der Waals surface area contributed by atoms with Crippen molar-refractivity contribution in [1.29, 1.82) is 21.0 Å². The number of benzene rings is 6. The Morgan fingerprint density at radius 2 is 0.492 bits per heavy atom. The van der Waals surface area contributed by atoms with Crippen LogP contribution in [0, 0.1) is 69.0 Å². The van der Waals surface area contributed by atoms with Gasteiger partial charge in [-0.15, -0.1) is 0 Å². The molecule has 642 valence electrons. The summed E-state index contributed by atoms with van der Waals surface area (Å²) in [5, 5.41) is 47.7. The molecule has 9 aromatic rings. The molecule has 4 saturated heterocycles. The van der Waals surface area contributed by atoms with E-state index in [1.807, 2.05) is 0 Å². The predicted molar refractivity (Wildman–Crippen MR) is 469 cm³/mol. The van der Waals surface area contributed by atoms with E-state index < -0.39 is 48.8 Å².